The van der Waals surface area contributed by atoms with Crippen molar-refractivity contribution in [2.24, 2.45) is 0 Å². The Morgan fingerprint density at radius 3 is 1.63 bits per heavy atom. The molecule has 0 radical (unpaired) electrons. The van der Waals surface area contributed by atoms with Crippen molar-refractivity contribution in [3.63, 3.8) is 0 Å². The van der Waals surface area contributed by atoms with E-state index < -0.39 is 0 Å². The van der Waals surface area contributed by atoms with Crippen molar-refractivity contribution in [3.8, 4) is 0 Å². The quantitative estimate of drug-likeness (QED) is 0.104. The number of thiophene rings is 2. The van der Waals surface area contributed by atoms with E-state index in [0.29, 0.717) is 36.5 Å². The number of hydrogen-bond acceptors (Lipinski definition) is 14. The Bertz CT molecular complexity index is 2920. The van der Waals surface area contributed by atoms with Gasteiger partial charge in [-0.15, -0.1) is 45.3 Å². The van der Waals surface area contributed by atoms with Gasteiger partial charge in [0.2, 0.25) is 0 Å². The zero-order valence-corrected chi connectivity index (χ0v) is 36.6. The molecule has 312 valence electrons. The number of hydrogen-bond donors (Lipinski definition) is 4. The van der Waals surface area contributed by atoms with E-state index in [1.807, 2.05) is 42.5 Å². The van der Waals surface area contributed by atoms with Crippen LogP contribution in [-0.4, -0.2) is 51.6 Å². The number of fused-ring (bicyclic) bond motifs is 4. The van der Waals surface area contributed by atoms with Crippen LogP contribution in [0.5, 0.6) is 0 Å². The second-order valence-corrected chi connectivity index (χ2v) is 18.2. The minimum atomic E-state index is -0.279. The molecule has 0 saturated carbocycles. The van der Waals surface area contributed by atoms with E-state index in [1.165, 1.54) is 55.7 Å². The largest absolute Gasteiger partial charge is 0.463 e. The van der Waals surface area contributed by atoms with E-state index in [1.54, 1.807) is 58.2 Å². The highest BCUT2D eigenvalue weighted by molar-refractivity contribution is 7.20. The highest BCUT2D eigenvalue weighted by atomic mass is 32.1. The zero-order valence-electron chi connectivity index (χ0n) is 33.3. The molecule has 0 spiro atoms. The van der Waals surface area contributed by atoms with Crippen LogP contribution in [0.15, 0.2) is 114 Å². The summed E-state index contributed by atoms with van der Waals surface area (Å²) in [7, 11) is 0. The second kappa shape index (κ2) is 18.5. The van der Waals surface area contributed by atoms with E-state index in [2.05, 4.69) is 84.1 Å². The molecule has 2 aliphatic rings. The van der Waals surface area contributed by atoms with Gasteiger partial charge < -0.3 is 26.0 Å². The van der Waals surface area contributed by atoms with Crippen LogP contribution in [-0.2, 0) is 16.1 Å². The topological polar surface area (TPSA) is 126 Å². The number of nitrogens with one attached hydrogen (secondary N) is 4. The van der Waals surface area contributed by atoms with Crippen LogP contribution < -0.4 is 21.3 Å². The highest BCUT2D eigenvalue weighted by Crippen LogP contribution is 2.39. The van der Waals surface area contributed by atoms with Crippen molar-refractivity contribution in [2.75, 3.05) is 23.7 Å². The maximum atomic E-state index is 14.5. The molecule has 11 rings (SSSR count). The fraction of sp³-hybridized carbons (Fsp3) is 0.152. The summed E-state index contributed by atoms with van der Waals surface area (Å²) in [6, 6.07) is 24.8. The summed E-state index contributed by atoms with van der Waals surface area (Å²) in [5.74, 6) is -0.558. The Balaban J connectivity index is 0.000000130. The van der Waals surface area contributed by atoms with Crippen LogP contribution in [0.1, 0.15) is 29.2 Å². The molecule has 62 heavy (non-hydrogen) atoms. The number of benzene rings is 3. The van der Waals surface area contributed by atoms with Crippen molar-refractivity contribution in [3.05, 3.63) is 141 Å². The van der Waals surface area contributed by atoms with Crippen LogP contribution in [0.4, 0.5) is 31.5 Å². The molecule has 10 nitrogen and oxygen atoms in total. The molecule has 2 unspecified atom stereocenters. The number of pyridine rings is 2. The smallest absolute Gasteiger partial charge is 0.293 e. The van der Waals surface area contributed by atoms with Gasteiger partial charge in [0.15, 0.2) is 0 Å². The standard InChI is InChI=1S/2C19H15FN4S2.C8H8O2/c2*1-10-11(2-4-21-10)17-6-12-14(3-5-22-19(12)26-17)24-15-8-16-18(7-13(15)20)25-9-23-16;9-7-10-6-8-4-2-1-3-5-8/h2*2-3,5-10,21H,4H2,1H3,(H,22,24);1-5,7H,6H2. The molecule has 0 amide bonds. The molecular weight excluding hydrogens is 863 g/mol. The van der Waals surface area contributed by atoms with Crippen LogP contribution >= 0.6 is 45.3 Å². The van der Waals surface area contributed by atoms with Crippen LogP contribution in [0.2, 0.25) is 0 Å². The first-order valence-electron chi connectivity index (χ1n) is 19.6. The SMILES string of the molecule is CC1NCC=C1c1cc2c(Nc3cc4ncsc4cc3F)ccnc2s1.CC1NCC=C1c1cc2c(Nc3cc4ncsc4cc3F)ccnc2s1.O=COCc1ccccc1. The summed E-state index contributed by atoms with van der Waals surface area (Å²) < 4.78 is 35.2. The number of ether oxygens (including phenoxy) is 1. The van der Waals surface area contributed by atoms with Crippen LogP contribution in [0.25, 0.3) is 52.0 Å². The van der Waals surface area contributed by atoms with Gasteiger partial charge >= 0.3 is 0 Å². The predicted molar refractivity (Wildman–Crippen MR) is 253 cm³/mol. The Labute approximate surface area is 371 Å². The van der Waals surface area contributed by atoms with E-state index >= 15 is 0 Å². The fourth-order valence-electron chi connectivity index (χ4n) is 7.22. The number of carbonyl (C=O) groups excluding carboxylic acids is 1. The molecule has 4 N–H and O–H groups in total. The molecule has 3 aromatic carbocycles. The molecule has 2 aliphatic heterocycles. The summed E-state index contributed by atoms with van der Waals surface area (Å²) in [5.41, 5.74) is 11.2. The van der Waals surface area contributed by atoms with Crippen LogP contribution in [0, 0.1) is 11.6 Å². The first-order chi connectivity index (χ1) is 30.3. The lowest BCUT2D eigenvalue weighted by Gasteiger charge is -2.09. The zero-order chi connectivity index (χ0) is 42.6. The number of carbonyl (C=O) groups is 1. The average Bonchev–Trinajstić information content (AvgIpc) is 4.14. The summed E-state index contributed by atoms with van der Waals surface area (Å²) in [6.45, 7) is 6.92. The third kappa shape index (κ3) is 8.97. The third-order valence-electron chi connectivity index (χ3n) is 10.4. The van der Waals surface area contributed by atoms with E-state index in [-0.39, 0.29) is 11.6 Å². The first-order valence-corrected chi connectivity index (χ1v) is 23.0. The Kier molecular flexibility index (Phi) is 12.4. The molecule has 2 atom stereocenters. The van der Waals surface area contributed by atoms with Gasteiger partial charge in [-0.1, -0.05) is 42.5 Å². The van der Waals surface area contributed by atoms with Crippen molar-refractivity contribution < 1.29 is 18.3 Å². The molecule has 9 aromatic rings. The molecular formula is C46H38F2N8O2S4. The molecule has 0 saturated heterocycles. The minimum Gasteiger partial charge on any atom is -0.463 e. The number of thiazole rings is 2. The average molecular weight is 901 g/mol. The van der Waals surface area contributed by atoms with E-state index in [4.69, 9.17) is 0 Å². The molecule has 6 aromatic heterocycles. The number of aromatic nitrogens is 4. The Morgan fingerprint density at radius 2 is 1.18 bits per heavy atom. The lowest BCUT2D eigenvalue weighted by atomic mass is 10.1. The number of rotatable bonds is 9. The third-order valence-corrected chi connectivity index (χ3v) is 14.2. The maximum absolute atomic E-state index is 14.5. The number of nitrogens with zero attached hydrogens (tertiary/aromatic N) is 4. The molecule has 0 fully saturated rings. The van der Waals surface area contributed by atoms with E-state index in [0.717, 1.165) is 70.9 Å². The van der Waals surface area contributed by atoms with Gasteiger partial charge in [0.1, 0.15) is 27.9 Å². The van der Waals surface area contributed by atoms with Crippen LogP contribution in [0.3, 0.4) is 0 Å². The van der Waals surface area contributed by atoms with Gasteiger partial charge in [-0.25, -0.2) is 28.7 Å². The molecule has 0 bridgehead atoms. The fourth-order valence-corrected chi connectivity index (χ4v) is 10.9. The lowest BCUT2D eigenvalue weighted by Crippen LogP contribution is -2.19. The summed E-state index contributed by atoms with van der Waals surface area (Å²) in [4.78, 5) is 31.6. The Morgan fingerprint density at radius 1 is 0.677 bits per heavy atom. The van der Waals surface area contributed by atoms with Crippen molar-refractivity contribution in [1.82, 2.24) is 30.6 Å². The van der Waals surface area contributed by atoms with Gasteiger partial charge in [0, 0.05) is 58.1 Å². The van der Waals surface area contributed by atoms with Crippen molar-refractivity contribution in [2.45, 2.75) is 32.5 Å². The normalized spacial score (nSPS) is 15.8. The number of halogens is 2. The summed E-state index contributed by atoms with van der Waals surface area (Å²) >= 11 is 6.21. The van der Waals surface area contributed by atoms with Gasteiger partial charge in [-0.2, -0.15) is 0 Å². The Hall–Kier alpha value is -6.01. The monoisotopic (exact) mass is 900 g/mol. The van der Waals surface area contributed by atoms with Crippen molar-refractivity contribution >= 4 is 127 Å². The lowest BCUT2D eigenvalue weighted by molar-refractivity contribution is -0.129. The second-order valence-electron chi connectivity index (χ2n) is 14.4. The van der Waals surface area contributed by atoms with Gasteiger partial charge in [0.25, 0.3) is 6.47 Å². The minimum absolute atomic E-state index is 0.279. The molecule has 0 aliphatic carbocycles. The van der Waals surface area contributed by atoms with Gasteiger partial charge in [-0.05, 0) is 79.1 Å². The van der Waals surface area contributed by atoms with Gasteiger partial charge in [0.05, 0.1) is 54.2 Å². The number of anilines is 4. The van der Waals surface area contributed by atoms with Gasteiger partial charge in [-0.3, -0.25) is 4.79 Å². The van der Waals surface area contributed by atoms with E-state index in [9.17, 15) is 13.6 Å². The summed E-state index contributed by atoms with van der Waals surface area (Å²) in [6.07, 6.45) is 7.96. The highest BCUT2D eigenvalue weighted by Gasteiger charge is 2.21. The predicted octanol–water partition coefficient (Wildman–Crippen LogP) is 11.7. The maximum Gasteiger partial charge on any atom is 0.293 e. The summed E-state index contributed by atoms with van der Waals surface area (Å²) in [5, 5.41) is 15.3. The van der Waals surface area contributed by atoms with Crippen molar-refractivity contribution in [1.29, 1.82) is 0 Å². The first kappa shape index (κ1) is 41.3. The molecule has 16 heteroatoms. The molecule has 8 heterocycles.